The molecule has 0 spiro atoms. The minimum atomic E-state index is -2.98. The van der Waals surface area contributed by atoms with E-state index < -0.39 is 23.9 Å². The first-order valence-corrected chi connectivity index (χ1v) is 9.84. The third kappa shape index (κ3) is 3.80. The predicted octanol–water partition coefficient (Wildman–Crippen LogP) is 3.55. The normalized spacial score (nSPS) is 20.9. The Kier molecular flexibility index (Phi) is 5.28. The summed E-state index contributed by atoms with van der Waals surface area (Å²) in [5.74, 6) is -0.597. The van der Waals surface area contributed by atoms with Crippen LogP contribution in [0.5, 0.6) is 11.5 Å². The molecule has 31 heavy (non-hydrogen) atoms. The summed E-state index contributed by atoms with van der Waals surface area (Å²) in [5.41, 5.74) is 5.50. The number of carbonyl (C=O) groups excluding carboxylic acids is 1. The Morgan fingerprint density at radius 3 is 2.45 bits per heavy atom. The lowest BCUT2D eigenvalue weighted by atomic mass is 9.82. The van der Waals surface area contributed by atoms with Gasteiger partial charge in [0.1, 0.15) is 5.75 Å². The smallest absolute Gasteiger partial charge is 0.387 e. The van der Waals surface area contributed by atoms with Crippen LogP contribution in [0.15, 0.2) is 41.4 Å². The molecule has 2 aromatic rings. The average molecular weight is 433 g/mol. The number of amides is 1. The summed E-state index contributed by atoms with van der Waals surface area (Å²) in [5, 5.41) is 0. The summed E-state index contributed by atoms with van der Waals surface area (Å²) in [6, 6.07) is 8.49. The number of rotatable bonds is 7. The molecular formula is C22H22F3N3O3. The summed E-state index contributed by atoms with van der Waals surface area (Å²) in [6.45, 7) is -1.000. The van der Waals surface area contributed by atoms with E-state index in [2.05, 4.69) is 9.73 Å². The fraction of sp³-hybridized carbons (Fsp3) is 0.364. The third-order valence-electron chi connectivity index (χ3n) is 5.57. The van der Waals surface area contributed by atoms with E-state index in [0.29, 0.717) is 29.2 Å². The highest BCUT2D eigenvalue weighted by molar-refractivity contribution is 6.09. The topological polar surface area (TPSA) is 77.2 Å². The number of nitrogens with two attached hydrogens (primary N) is 1. The fourth-order valence-corrected chi connectivity index (χ4v) is 3.62. The Morgan fingerprint density at radius 1 is 1.19 bits per heavy atom. The lowest BCUT2D eigenvalue weighted by Gasteiger charge is -2.27. The second kappa shape index (κ2) is 7.79. The zero-order valence-corrected chi connectivity index (χ0v) is 17.1. The van der Waals surface area contributed by atoms with Crippen molar-refractivity contribution in [3.05, 3.63) is 58.9 Å². The van der Waals surface area contributed by atoms with E-state index in [4.69, 9.17) is 10.5 Å². The van der Waals surface area contributed by atoms with Gasteiger partial charge in [0.05, 0.1) is 6.61 Å². The first-order chi connectivity index (χ1) is 14.7. The molecule has 1 heterocycles. The monoisotopic (exact) mass is 433 g/mol. The van der Waals surface area contributed by atoms with E-state index in [9.17, 15) is 18.0 Å². The van der Waals surface area contributed by atoms with Crippen LogP contribution in [0.4, 0.5) is 13.2 Å². The number of likely N-dealkylation sites (N-methyl/N-ethyl adjacent to an activating group) is 1. The number of alkyl halides is 2. The third-order valence-corrected chi connectivity index (χ3v) is 5.57. The van der Waals surface area contributed by atoms with Crippen molar-refractivity contribution in [3.63, 3.8) is 0 Å². The van der Waals surface area contributed by atoms with E-state index >= 15 is 0 Å². The number of hydrogen-bond acceptors (Lipinski definition) is 5. The fourth-order valence-electron chi connectivity index (χ4n) is 3.62. The molecular weight excluding hydrogens is 411 g/mol. The number of hydrogen-bond donors (Lipinski definition) is 1. The molecule has 6 nitrogen and oxygen atoms in total. The maximum Gasteiger partial charge on any atom is 0.387 e. The zero-order chi connectivity index (χ0) is 22.3. The van der Waals surface area contributed by atoms with Crippen LogP contribution in [0.3, 0.4) is 0 Å². The van der Waals surface area contributed by atoms with Crippen molar-refractivity contribution in [2.24, 2.45) is 16.6 Å². The molecule has 0 saturated heterocycles. The summed E-state index contributed by atoms with van der Waals surface area (Å²) in [6.07, 6.45) is 2.09. The van der Waals surface area contributed by atoms with Crippen molar-refractivity contribution in [3.8, 4) is 11.5 Å². The van der Waals surface area contributed by atoms with E-state index in [1.807, 2.05) is 0 Å². The minimum Gasteiger partial charge on any atom is -0.490 e. The molecule has 1 aliphatic carbocycles. The highest BCUT2D eigenvalue weighted by atomic mass is 19.3. The predicted molar refractivity (Wildman–Crippen MR) is 108 cm³/mol. The maximum absolute atomic E-state index is 14.4. The van der Waals surface area contributed by atoms with Gasteiger partial charge in [-0.2, -0.15) is 8.78 Å². The van der Waals surface area contributed by atoms with Crippen LogP contribution in [-0.4, -0.2) is 37.0 Å². The van der Waals surface area contributed by atoms with Gasteiger partial charge in [-0.3, -0.25) is 9.69 Å². The first-order valence-electron chi connectivity index (χ1n) is 9.84. The number of guanidine groups is 1. The second-order valence-corrected chi connectivity index (χ2v) is 7.80. The van der Waals surface area contributed by atoms with Crippen molar-refractivity contribution in [2.75, 3.05) is 13.7 Å². The number of aliphatic imine (C=N–C) groups is 1. The van der Waals surface area contributed by atoms with Gasteiger partial charge in [-0.15, -0.1) is 0 Å². The number of halogens is 3. The molecule has 4 rings (SSSR count). The highest BCUT2D eigenvalue weighted by Crippen LogP contribution is 2.42. The standard InChI is InChI=1S/C22H22F3N3O3/c1-12-9-14(6-8-17(12)31-20(24)25)22(19(29)28(2)21(26)27-22)15-5-7-16(23)18(10-15)30-11-13-3-4-13/h5-10,13,20H,3-4,11H2,1-2H3,(H2,26,27). The average Bonchev–Trinajstić information content (AvgIpc) is 3.52. The lowest BCUT2D eigenvalue weighted by Crippen LogP contribution is -2.41. The van der Waals surface area contributed by atoms with Gasteiger partial charge < -0.3 is 15.2 Å². The number of ether oxygens (including phenoxy) is 2. The van der Waals surface area contributed by atoms with Gasteiger partial charge in [0.25, 0.3) is 5.91 Å². The molecule has 2 aliphatic rings. The van der Waals surface area contributed by atoms with Gasteiger partial charge in [-0.1, -0.05) is 12.1 Å². The summed E-state index contributed by atoms with van der Waals surface area (Å²) in [7, 11) is 1.48. The lowest BCUT2D eigenvalue weighted by molar-refractivity contribution is -0.129. The molecule has 2 N–H and O–H groups in total. The molecule has 1 amide bonds. The number of aryl methyl sites for hydroxylation is 1. The molecule has 2 aromatic carbocycles. The van der Waals surface area contributed by atoms with Crippen LogP contribution in [-0.2, 0) is 10.3 Å². The Morgan fingerprint density at radius 2 is 1.87 bits per heavy atom. The maximum atomic E-state index is 14.4. The van der Waals surface area contributed by atoms with Crippen molar-refractivity contribution in [1.82, 2.24) is 4.90 Å². The van der Waals surface area contributed by atoms with Crippen LogP contribution >= 0.6 is 0 Å². The van der Waals surface area contributed by atoms with Gasteiger partial charge in [-0.25, -0.2) is 9.38 Å². The molecule has 0 radical (unpaired) electrons. The molecule has 1 unspecified atom stereocenters. The van der Waals surface area contributed by atoms with Crippen LogP contribution in [0, 0.1) is 18.7 Å². The van der Waals surface area contributed by atoms with Crippen LogP contribution < -0.4 is 15.2 Å². The van der Waals surface area contributed by atoms with Gasteiger partial charge >= 0.3 is 6.61 Å². The Bertz CT molecular complexity index is 1060. The van der Waals surface area contributed by atoms with E-state index in [1.165, 1.54) is 42.3 Å². The molecule has 9 heteroatoms. The van der Waals surface area contributed by atoms with Crippen molar-refractivity contribution < 1.29 is 27.4 Å². The van der Waals surface area contributed by atoms with Crippen molar-refractivity contribution >= 4 is 11.9 Å². The number of benzene rings is 2. The minimum absolute atomic E-state index is 0.0136. The second-order valence-electron chi connectivity index (χ2n) is 7.80. The van der Waals surface area contributed by atoms with Crippen LogP contribution in [0.2, 0.25) is 0 Å². The van der Waals surface area contributed by atoms with Crippen molar-refractivity contribution in [2.45, 2.75) is 31.9 Å². The van der Waals surface area contributed by atoms with E-state index in [-0.39, 0.29) is 17.5 Å². The van der Waals surface area contributed by atoms with Gasteiger partial charge in [-0.05, 0) is 66.6 Å². The number of carbonyl (C=O) groups is 1. The number of nitrogens with zero attached hydrogens (tertiary/aromatic N) is 2. The Balaban J connectivity index is 1.81. The molecule has 0 bridgehead atoms. The molecule has 1 atom stereocenters. The summed E-state index contributed by atoms with van der Waals surface area (Å²) < 4.78 is 49.8. The van der Waals surface area contributed by atoms with Crippen LogP contribution in [0.25, 0.3) is 0 Å². The zero-order valence-electron chi connectivity index (χ0n) is 17.1. The quantitative estimate of drug-likeness (QED) is 0.725. The highest BCUT2D eigenvalue weighted by Gasteiger charge is 2.50. The molecule has 1 aliphatic heterocycles. The Labute approximate surface area is 177 Å². The first kappa shape index (κ1) is 21.0. The van der Waals surface area contributed by atoms with Crippen LogP contribution in [0.1, 0.15) is 29.5 Å². The molecule has 164 valence electrons. The molecule has 1 fully saturated rings. The largest absolute Gasteiger partial charge is 0.490 e. The van der Waals surface area contributed by atoms with E-state index in [1.54, 1.807) is 13.0 Å². The van der Waals surface area contributed by atoms with Gasteiger partial charge in [0.2, 0.25) is 0 Å². The van der Waals surface area contributed by atoms with Crippen molar-refractivity contribution in [1.29, 1.82) is 0 Å². The van der Waals surface area contributed by atoms with Gasteiger partial charge in [0, 0.05) is 7.05 Å². The van der Waals surface area contributed by atoms with E-state index in [0.717, 1.165) is 12.8 Å². The molecule has 0 aromatic heterocycles. The Hall–Kier alpha value is -3.23. The molecule has 1 saturated carbocycles. The summed E-state index contributed by atoms with van der Waals surface area (Å²) in [4.78, 5) is 19.0. The SMILES string of the molecule is Cc1cc(C2(c3ccc(F)c(OCC4CC4)c3)N=C(N)N(C)C2=O)ccc1OC(F)F. The van der Waals surface area contributed by atoms with Gasteiger partial charge in [0.15, 0.2) is 23.1 Å². The summed E-state index contributed by atoms with van der Waals surface area (Å²) >= 11 is 0.